The fourth-order valence-electron chi connectivity index (χ4n) is 2.75. The second kappa shape index (κ2) is 5.65. The molecule has 0 unspecified atom stereocenters. The zero-order valence-electron chi connectivity index (χ0n) is 12.8. The van der Waals surface area contributed by atoms with Crippen LogP contribution in [0, 0.1) is 6.92 Å². The van der Waals surface area contributed by atoms with E-state index in [0.29, 0.717) is 5.69 Å². The number of benzene rings is 2. The molecule has 1 N–H and O–H groups in total. The van der Waals surface area contributed by atoms with Gasteiger partial charge in [0.25, 0.3) is 0 Å². The summed E-state index contributed by atoms with van der Waals surface area (Å²) in [6.45, 7) is 2.97. The first kappa shape index (κ1) is 14.9. The topological polar surface area (TPSA) is 49.4 Å². The molecule has 1 aliphatic heterocycles. The number of nitrogens with one attached hydrogen (secondary N) is 1. The molecule has 0 bridgehead atoms. The van der Waals surface area contributed by atoms with Crippen molar-refractivity contribution in [3.05, 3.63) is 59.2 Å². The van der Waals surface area contributed by atoms with Gasteiger partial charge >= 0.3 is 0 Å². The standard InChI is InChI=1S/C17H20N2O2S/c1-13-3-5-14(6-4-13)12-22(20,21)18-16-7-8-17-15(11-16)9-10-19(17)2/h3-8,11,18H,9-10,12H2,1-2H3. The Morgan fingerprint density at radius 3 is 2.59 bits per heavy atom. The molecule has 0 amide bonds. The molecule has 116 valence electrons. The summed E-state index contributed by atoms with van der Waals surface area (Å²) in [6, 6.07) is 13.3. The van der Waals surface area contributed by atoms with Crippen molar-refractivity contribution in [2.75, 3.05) is 23.2 Å². The van der Waals surface area contributed by atoms with Gasteiger partial charge in [-0.05, 0) is 42.7 Å². The van der Waals surface area contributed by atoms with Crippen LogP contribution in [0.3, 0.4) is 0 Å². The predicted octanol–water partition coefficient (Wildman–Crippen LogP) is 2.93. The number of likely N-dealkylation sites (N-methyl/N-ethyl adjacent to an activating group) is 1. The Morgan fingerprint density at radius 1 is 1.14 bits per heavy atom. The Kier molecular flexibility index (Phi) is 3.83. The molecular weight excluding hydrogens is 296 g/mol. The highest BCUT2D eigenvalue weighted by molar-refractivity contribution is 7.91. The lowest BCUT2D eigenvalue weighted by Crippen LogP contribution is -2.15. The maximum atomic E-state index is 12.3. The third-order valence-electron chi connectivity index (χ3n) is 3.96. The first-order chi connectivity index (χ1) is 10.4. The van der Waals surface area contributed by atoms with E-state index in [2.05, 4.69) is 9.62 Å². The minimum absolute atomic E-state index is 0.00966. The van der Waals surface area contributed by atoms with Gasteiger partial charge in [0.15, 0.2) is 0 Å². The molecule has 5 heteroatoms. The van der Waals surface area contributed by atoms with Crippen LogP contribution in [-0.4, -0.2) is 22.0 Å². The highest BCUT2D eigenvalue weighted by Gasteiger charge is 2.17. The predicted molar refractivity (Wildman–Crippen MR) is 90.8 cm³/mol. The van der Waals surface area contributed by atoms with Crippen molar-refractivity contribution in [3.8, 4) is 0 Å². The van der Waals surface area contributed by atoms with Crippen molar-refractivity contribution in [1.29, 1.82) is 0 Å². The molecule has 1 heterocycles. The molecule has 2 aromatic rings. The van der Waals surface area contributed by atoms with E-state index in [0.717, 1.165) is 24.1 Å². The number of fused-ring (bicyclic) bond motifs is 1. The summed E-state index contributed by atoms with van der Waals surface area (Å²) < 4.78 is 27.3. The molecule has 4 nitrogen and oxygen atoms in total. The van der Waals surface area contributed by atoms with Crippen LogP contribution in [0.2, 0.25) is 0 Å². The summed E-state index contributed by atoms with van der Waals surface area (Å²) >= 11 is 0. The minimum Gasteiger partial charge on any atom is -0.374 e. The van der Waals surface area contributed by atoms with E-state index in [1.165, 1.54) is 11.3 Å². The van der Waals surface area contributed by atoms with Gasteiger partial charge in [-0.3, -0.25) is 4.72 Å². The van der Waals surface area contributed by atoms with E-state index in [9.17, 15) is 8.42 Å². The molecule has 22 heavy (non-hydrogen) atoms. The van der Waals surface area contributed by atoms with Crippen LogP contribution in [0.4, 0.5) is 11.4 Å². The van der Waals surface area contributed by atoms with E-state index < -0.39 is 10.0 Å². The number of nitrogens with zero attached hydrogens (tertiary/aromatic N) is 1. The lowest BCUT2D eigenvalue weighted by Gasteiger charge is -2.13. The maximum Gasteiger partial charge on any atom is 0.236 e. The number of aryl methyl sites for hydroxylation is 1. The number of rotatable bonds is 4. The number of sulfonamides is 1. The fourth-order valence-corrected chi connectivity index (χ4v) is 3.94. The summed E-state index contributed by atoms with van der Waals surface area (Å²) in [4.78, 5) is 2.18. The Morgan fingerprint density at radius 2 is 1.86 bits per heavy atom. The summed E-state index contributed by atoms with van der Waals surface area (Å²) in [7, 11) is -1.35. The lowest BCUT2D eigenvalue weighted by molar-refractivity contribution is 0.600. The molecule has 2 aromatic carbocycles. The summed E-state index contributed by atoms with van der Waals surface area (Å²) in [5.74, 6) is -0.00966. The smallest absolute Gasteiger partial charge is 0.236 e. The molecule has 1 aliphatic rings. The van der Waals surface area contributed by atoms with Crippen LogP contribution in [-0.2, 0) is 22.2 Å². The monoisotopic (exact) mass is 316 g/mol. The van der Waals surface area contributed by atoms with Crippen LogP contribution in [0.15, 0.2) is 42.5 Å². The SMILES string of the molecule is Cc1ccc(CS(=O)(=O)Nc2ccc3c(c2)CCN3C)cc1. The van der Waals surface area contributed by atoms with Crippen molar-refractivity contribution < 1.29 is 8.42 Å². The molecule has 0 atom stereocenters. The third-order valence-corrected chi connectivity index (χ3v) is 5.22. The average Bonchev–Trinajstić information content (AvgIpc) is 2.82. The van der Waals surface area contributed by atoms with Crippen LogP contribution in [0.1, 0.15) is 16.7 Å². The van der Waals surface area contributed by atoms with E-state index in [1.54, 1.807) is 0 Å². The largest absolute Gasteiger partial charge is 0.374 e. The normalized spacial score (nSPS) is 14.0. The molecular formula is C17H20N2O2S. The quantitative estimate of drug-likeness (QED) is 0.943. The first-order valence-corrected chi connectivity index (χ1v) is 8.98. The van der Waals surface area contributed by atoms with Crippen molar-refractivity contribution in [3.63, 3.8) is 0 Å². The molecule has 3 rings (SSSR count). The van der Waals surface area contributed by atoms with Gasteiger partial charge in [0.05, 0.1) is 5.75 Å². The van der Waals surface area contributed by atoms with Gasteiger partial charge in [0, 0.05) is 25.0 Å². The number of anilines is 2. The number of hydrogen-bond acceptors (Lipinski definition) is 3. The van der Waals surface area contributed by atoms with Gasteiger partial charge in [-0.2, -0.15) is 0 Å². The Balaban J connectivity index is 1.76. The average molecular weight is 316 g/mol. The Labute approximate surface area is 131 Å². The van der Waals surface area contributed by atoms with Gasteiger partial charge in [-0.25, -0.2) is 8.42 Å². The zero-order valence-corrected chi connectivity index (χ0v) is 13.7. The van der Waals surface area contributed by atoms with Crippen molar-refractivity contribution in [1.82, 2.24) is 0 Å². The molecule has 0 saturated heterocycles. The van der Waals surface area contributed by atoms with Crippen molar-refractivity contribution >= 4 is 21.4 Å². The summed E-state index contributed by atoms with van der Waals surface area (Å²) in [5.41, 5.74) is 4.93. The van der Waals surface area contributed by atoms with Crippen LogP contribution in [0.25, 0.3) is 0 Å². The summed E-state index contributed by atoms with van der Waals surface area (Å²) in [6.07, 6.45) is 0.958. The first-order valence-electron chi connectivity index (χ1n) is 7.33. The molecule has 0 aromatic heterocycles. The second-order valence-electron chi connectivity index (χ2n) is 5.86. The molecule has 0 saturated carbocycles. The van der Waals surface area contributed by atoms with Crippen LogP contribution in [0.5, 0.6) is 0 Å². The van der Waals surface area contributed by atoms with Crippen LogP contribution < -0.4 is 9.62 Å². The van der Waals surface area contributed by atoms with Gasteiger partial charge in [0.1, 0.15) is 0 Å². The molecule has 0 fully saturated rings. The van der Waals surface area contributed by atoms with Crippen molar-refractivity contribution in [2.24, 2.45) is 0 Å². The third kappa shape index (κ3) is 3.25. The van der Waals surface area contributed by atoms with Crippen molar-refractivity contribution in [2.45, 2.75) is 19.1 Å². The highest BCUT2D eigenvalue weighted by Crippen LogP contribution is 2.29. The zero-order chi connectivity index (χ0) is 15.7. The van der Waals surface area contributed by atoms with E-state index in [-0.39, 0.29) is 5.75 Å². The molecule has 0 spiro atoms. The van der Waals surface area contributed by atoms with Gasteiger partial charge < -0.3 is 4.90 Å². The molecule has 0 radical (unpaired) electrons. The lowest BCUT2D eigenvalue weighted by atomic mass is 10.1. The maximum absolute atomic E-state index is 12.3. The fraction of sp³-hybridized carbons (Fsp3) is 0.294. The Hall–Kier alpha value is -2.01. The van der Waals surface area contributed by atoms with E-state index >= 15 is 0 Å². The molecule has 0 aliphatic carbocycles. The second-order valence-corrected chi connectivity index (χ2v) is 7.58. The van der Waals surface area contributed by atoms with Crippen LogP contribution >= 0.6 is 0 Å². The minimum atomic E-state index is -3.40. The summed E-state index contributed by atoms with van der Waals surface area (Å²) in [5, 5.41) is 0. The highest BCUT2D eigenvalue weighted by atomic mass is 32.2. The Bertz CT molecular complexity index is 783. The van der Waals surface area contributed by atoms with E-state index in [1.807, 2.05) is 56.4 Å². The van der Waals surface area contributed by atoms with E-state index in [4.69, 9.17) is 0 Å². The number of hydrogen-bond donors (Lipinski definition) is 1. The van der Waals surface area contributed by atoms with Gasteiger partial charge in [0.2, 0.25) is 10.0 Å². The van der Waals surface area contributed by atoms with Gasteiger partial charge in [-0.15, -0.1) is 0 Å². The van der Waals surface area contributed by atoms with Gasteiger partial charge in [-0.1, -0.05) is 29.8 Å².